The van der Waals surface area contributed by atoms with Crippen LogP contribution in [0.25, 0.3) is 6.08 Å². The molecule has 3 aliphatic heterocycles. The van der Waals surface area contributed by atoms with E-state index < -0.39 is 74.8 Å². The van der Waals surface area contributed by atoms with Gasteiger partial charge in [-0.1, -0.05) is 56.2 Å². The van der Waals surface area contributed by atoms with Crippen molar-refractivity contribution >= 4 is 46.0 Å². The van der Waals surface area contributed by atoms with Gasteiger partial charge in [-0.05, 0) is 55.2 Å². The van der Waals surface area contributed by atoms with Crippen molar-refractivity contribution in [3.05, 3.63) is 53.6 Å². The maximum atomic E-state index is 14.2. The topological polar surface area (TPSA) is 181 Å². The molecule has 3 fully saturated rings. The highest BCUT2D eigenvalue weighted by Crippen LogP contribution is 2.45. The first-order valence-corrected chi connectivity index (χ1v) is 19.0. The third-order valence-corrected chi connectivity index (χ3v) is 11.9. The van der Waals surface area contributed by atoms with Crippen molar-refractivity contribution in [2.24, 2.45) is 5.92 Å². The normalized spacial score (nSPS) is 29.0. The molecule has 15 heteroatoms. The van der Waals surface area contributed by atoms with Crippen LogP contribution >= 0.6 is 0 Å². The molecular weight excluding hydrogens is 666 g/mol. The summed E-state index contributed by atoms with van der Waals surface area (Å²) in [4.78, 5) is 70.8. The lowest BCUT2D eigenvalue weighted by molar-refractivity contribution is -0.141. The number of nitrogens with one attached hydrogen (secondary N) is 3. The maximum absolute atomic E-state index is 14.2. The van der Waals surface area contributed by atoms with Gasteiger partial charge in [0.1, 0.15) is 23.7 Å². The number of fused-ring (bicyclic) bond motifs is 3. The second kappa shape index (κ2) is 14.4. The summed E-state index contributed by atoms with van der Waals surface area (Å²) in [5.41, 5.74) is 1.41. The predicted molar refractivity (Wildman–Crippen MR) is 181 cm³/mol. The molecule has 6 rings (SSSR count). The van der Waals surface area contributed by atoms with E-state index >= 15 is 0 Å². The number of sulfonamides is 1. The van der Waals surface area contributed by atoms with Gasteiger partial charge in [0.05, 0.1) is 24.9 Å². The highest BCUT2D eigenvalue weighted by molar-refractivity contribution is 7.91. The Bertz CT molecular complexity index is 1690. The number of benzene rings is 1. The number of amides is 5. The van der Waals surface area contributed by atoms with Gasteiger partial charge in [-0.25, -0.2) is 18.0 Å². The molecule has 1 saturated heterocycles. The van der Waals surface area contributed by atoms with Gasteiger partial charge in [-0.2, -0.15) is 0 Å². The van der Waals surface area contributed by atoms with Crippen molar-refractivity contribution in [1.29, 1.82) is 0 Å². The molecule has 1 aromatic rings. The van der Waals surface area contributed by atoms with E-state index in [0.717, 1.165) is 23.1 Å². The number of cyclic esters (lactones) is 1. The van der Waals surface area contributed by atoms with E-state index in [1.807, 2.05) is 37.3 Å². The van der Waals surface area contributed by atoms with E-state index in [1.54, 1.807) is 4.90 Å². The molecule has 2 aliphatic carbocycles. The summed E-state index contributed by atoms with van der Waals surface area (Å²) in [6.07, 6.45) is 7.03. The molecule has 270 valence electrons. The van der Waals surface area contributed by atoms with E-state index in [2.05, 4.69) is 21.9 Å². The zero-order chi connectivity index (χ0) is 35.6. The molecule has 0 aromatic heterocycles. The molecule has 0 unspecified atom stereocenters. The fourth-order valence-electron chi connectivity index (χ4n) is 6.97. The number of allylic oxidation sites excluding steroid dienone is 1. The van der Waals surface area contributed by atoms with Gasteiger partial charge in [-0.15, -0.1) is 6.58 Å². The van der Waals surface area contributed by atoms with Crippen LogP contribution in [-0.4, -0.2) is 90.3 Å². The smallest absolute Gasteiger partial charge is 0.410 e. The number of rotatable bonds is 9. The van der Waals surface area contributed by atoms with Crippen LogP contribution in [-0.2, 0) is 47.0 Å². The molecule has 14 nitrogen and oxygen atoms in total. The average molecular weight is 712 g/mol. The SMILES string of the molecule is C=C[C@@H]1C[C@]1(NC(=O)[C@@H]1C[C@@H]2CN1C(=O)[C@@H](CCCC)NC(=O)OCCC/C=C/c1cccc3c1CN(C3)C(=O)O2)C(=O)NS(=O)(=O)C1CC1. The van der Waals surface area contributed by atoms with Crippen LogP contribution in [0.2, 0.25) is 0 Å². The van der Waals surface area contributed by atoms with Gasteiger partial charge < -0.3 is 25.0 Å². The molecule has 5 atom stereocenters. The Balaban J connectivity index is 1.26. The number of carbonyl (C=O) groups is 5. The van der Waals surface area contributed by atoms with Gasteiger partial charge in [0.2, 0.25) is 21.8 Å². The highest BCUT2D eigenvalue weighted by atomic mass is 32.2. The fraction of sp³-hybridized carbons (Fsp3) is 0.571. The molecule has 3 N–H and O–H groups in total. The largest absolute Gasteiger partial charge is 0.450 e. The molecule has 4 bridgehead atoms. The molecule has 0 spiro atoms. The number of nitrogens with zero attached hydrogens (tertiary/aromatic N) is 2. The van der Waals surface area contributed by atoms with Gasteiger partial charge in [0, 0.05) is 18.9 Å². The second-order valence-corrected chi connectivity index (χ2v) is 15.8. The van der Waals surface area contributed by atoms with Gasteiger partial charge >= 0.3 is 12.2 Å². The van der Waals surface area contributed by atoms with Crippen molar-refractivity contribution in [1.82, 2.24) is 25.2 Å². The van der Waals surface area contributed by atoms with E-state index in [4.69, 9.17) is 9.47 Å². The number of hydrogen-bond acceptors (Lipinski definition) is 9. The molecule has 50 heavy (non-hydrogen) atoms. The molecule has 1 aromatic carbocycles. The lowest BCUT2D eigenvalue weighted by Gasteiger charge is -2.29. The van der Waals surface area contributed by atoms with E-state index in [0.29, 0.717) is 45.2 Å². The molecule has 2 saturated carbocycles. The molecule has 5 aliphatic rings. The van der Waals surface area contributed by atoms with Crippen LogP contribution in [0.15, 0.2) is 36.9 Å². The van der Waals surface area contributed by atoms with E-state index in [1.165, 1.54) is 11.0 Å². The van der Waals surface area contributed by atoms with Gasteiger partial charge in [-0.3, -0.25) is 24.0 Å². The number of hydrogen-bond donors (Lipinski definition) is 3. The first-order valence-electron chi connectivity index (χ1n) is 17.4. The average Bonchev–Trinajstić information content (AvgIpc) is 3.98. The number of unbranched alkanes of at least 4 members (excludes halogenated alkanes) is 1. The minimum absolute atomic E-state index is 0.0696. The Morgan fingerprint density at radius 1 is 1.18 bits per heavy atom. The Morgan fingerprint density at radius 2 is 1.98 bits per heavy atom. The van der Waals surface area contributed by atoms with Crippen LogP contribution in [0.3, 0.4) is 0 Å². The van der Waals surface area contributed by atoms with Crippen LogP contribution in [0.4, 0.5) is 9.59 Å². The highest BCUT2D eigenvalue weighted by Gasteiger charge is 2.62. The third-order valence-electron chi connectivity index (χ3n) is 10.1. The van der Waals surface area contributed by atoms with Crippen molar-refractivity contribution in [3.8, 4) is 0 Å². The number of carbonyl (C=O) groups excluding carboxylic acids is 5. The monoisotopic (exact) mass is 711 g/mol. The lowest BCUT2D eigenvalue weighted by atomic mass is 10.0. The molecule has 0 radical (unpaired) electrons. The number of alkyl carbamates (subject to hydrolysis) is 1. The van der Waals surface area contributed by atoms with Crippen LogP contribution in [0, 0.1) is 5.92 Å². The number of ether oxygens (including phenoxy) is 2. The quantitative estimate of drug-likeness (QED) is 0.325. The molecule has 3 heterocycles. The zero-order valence-corrected chi connectivity index (χ0v) is 29.0. The van der Waals surface area contributed by atoms with Crippen LogP contribution in [0.1, 0.15) is 81.4 Å². The summed E-state index contributed by atoms with van der Waals surface area (Å²) < 4.78 is 38.7. The summed E-state index contributed by atoms with van der Waals surface area (Å²) in [7, 11) is -3.90. The maximum Gasteiger partial charge on any atom is 0.410 e. The van der Waals surface area contributed by atoms with Gasteiger partial charge in [0.15, 0.2) is 0 Å². The summed E-state index contributed by atoms with van der Waals surface area (Å²) in [6.45, 7) is 6.37. The Kier molecular flexibility index (Phi) is 10.2. The summed E-state index contributed by atoms with van der Waals surface area (Å²) in [5, 5.41) is 4.76. The summed E-state index contributed by atoms with van der Waals surface area (Å²) in [5.74, 6) is -2.65. The summed E-state index contributed by atoms with van der Waals surface area (Å²) in [6, 6.07) is 3.65. The van der Waals surface area contributed by atoms with Crippen LogP contribution < -0.4 is 15.4 Å². The standard InChI is InChI=1S/C35H45N5O9S/c1-3-5-13-28-31(42)40-20-25(17-29(40)30(41)37-35(18-24(35)4-2)32(43)38-50(46,47)26-14-15-26)49-34(45)39-19-23-12-9-11-22(27(23)21-39)10-7-6-8-16-48-33(44)36-28/h4,7,9-12,24-26,28-29H,2-3,5-6,8,13-21H2,1H3,(H,36,44)(H,37,41)(H,38,43)/b10-7+/t24-,25-,28-,29+,35-/m1/s1. The first-order chi connectivity index (χ1) is 24.0. The molecule has 5 amide bonds. The predicted octanol–water partition coefficient (Wildman–Crippen LogP) is 2.87. The second-order valence-electron chi connectivity index (χ2n) is 13.8. The zero-order valence-electron chi connectivity index (χ0n) is 28.2. The lowest BCUT2D eigenvalue weighted by Crippen LogP contribution is -2.58. The Morgan fingerprint density at radius 3 is 2.70 bits per heavy atom. The van der Waals surface area contributed by atoms with Crippen molar-refractivity contribution in [2.75, 3.05) is 13.2 Å². The van der Waals surface area contributed by atoms with Crippen molar-refractivity contribution in [3.63, 3.8) is 0 Å². The van der Waals surface area contributed by atoms with Gasteiger partial charge in [0.25, 0.3) is 5.91 Å². The summed E-state index contributed by atoms with van der Waals surface area (Å²) >= 11 is 0. The van der Waals surface area contributed by atoms with E-state index in [-0.39, 0.29) is 32.4 Å². The van der Waals surface area contributed by atoms with Crippen molar-refractivity contribution in [2.45, 2.75) is 107 Å². The fourth-order valence-corrected chi connectivity index (χ4v) is 8.33. The molecular formula is C35H45N5O9S. The van der Waals surface area contributed by atoms with E-state index in [9.17, 15) is 32.4 Å². The van der Waals surface area contributed by atoms with Crippen molar-refractivity contribution < 1.29 is 41.9 Å². The Labute approximate surface area is 292 Å². The minimum atomic E-state index is -3.90. The Hall–Kier alpha value is -4.40. The minimum Gasteiger partial charge on any atom is -0.450 e. The third kappa shape index (κ3) is 7.52. The first kappa shape index (κ1) is 35.4. The van der Waals surface area contributed by atoms with Crippen LogP contribution in [0.5, 0.6) is 0 Å².